The molecule has 0 radical (unpaired) electrons. The summed E-state index contributed by atoms with van der Waals surface area (Å²) >= 11 is 1.15. The summed E-state index contributed by atoms with van der Waals surface area (Å²) in [5, 5.41) is 0.283. The van der Waals surface area contributed by atoms with Crippen LogP contribution < -0.4 is 15.0 Å². The Hall–Kier alpha value is -3.00. The Labute approximate surface area is 202 Å². The zero-order valence-electron chi connectivity index (χ0n) is 18.2. The maximum atomic E-state index is 13.1. The molecule has 0 atom stereocenters. The number of carbonyl (C=O) groups excluding carboxylic acids is 1. The van der Waals surface area contributed by atoms with Crippen molar-refractivity contribution in [2.75, 3.05) is 18.1 Å². The first-order valence-corrected chi connectivity index (χ1v) is 13.2. The first-order valence-electron chi connectivity index (χ1n) is 10.6. The van der Waals surface area contributed by atoms with Crippen molar-refractivity contribution in [3.63, 3.8) is 0 Å². The predicted molar refractivity (Wildman–Crippen MR) is 123 cm³/mol. The number of H-pyrrole nitrogens is 1. The molecule has 2 N–H and O–H groups in total. The highest BCUT2D eigenvalue weighted by atomic mass is 32.2. The largest absolute Gasteiger partial charge is 0.484 e. The Morgan fingerprint density at radius 2 is 1.94 bits per heavy atom. The number of fused-ring (bicyclic) bond motifs is 1. The maximum absolute atomic E-state index is 13.1. The second kappa shape index (κ2) is 9.93. The number of thioether (sulfide) groups is 1. The van der Waals surface area contributed by atoms with Gasteiger partial charge in [-0.2, -0.15) is 13.2 Å². The molecule has 2 heterocycles. The highest BCUT2D eigenvalue weighted by Gasteiger charge is 2.32. The molecule has 0 unspecified atom stereocenters. The van der Waals surface area contributed by atoms with Gasteiger partial charge in [-0.15, -0.1) is 0 Å². The number of hydrogen-bond donors (Lipinski definition) is 2. The van der Waals surface area contributed by atoms with E-state index < -0.39 is 34.3 Å². The van der Waals surface area contributed by atoms with Crippen LogP contribution in [0.3, 0.4) is 0 Å². The smallest absolute Gasteiger partial charge is 0.422 e. The van der Waals surface area contributed by atoms with Crippen LogP contribution in [0.25, 0.3) is 16.7 Å². The number of nitrogens with zero attached hydrogens (tertiary/aromatic N) is 2. The van der Waals surface area contributed by atoms with Gasteiger partial charge >= 0.3 is 6.18 Å². The third-order valence-electron chi connectivity index (χ3n) is 5.04. The minimum absolute atomic E-state index is 0.0133. The molecule has 0 spiro atoms. The summed E-state index contributed by atoms with van der Waals surface area (Å²) in [6.07, 6.45) is -1.34. The van der Waals surface area contributed by atoms with E-state index in [4.69, 9.17) is 4.74 Å². The number of alkyl halides is 3. The molecule has 35 heavy (non-hydrogen) atoms. The number of hydrogen-bond acceptors (Lipinski definition) is 7. The van der Waals surface area contributed by atoms with Crippen molar-refractivity contribution in [1.82, 2.24) is 19.3 Å². The van der Waals surface area contributed by atoms with Gasteiger partial charge < -0.3 is 9.72 Å². The summed E-state index contributed by atoms with van der Waals surface area (Å²) in [5.74, 6) is -0.695. The molecule has 14 heteroatoms. The number of aromatic nitrogens is 3. The monoisotopic (exact) mass is 530 g/mol. The lowest BCUT2D eigenvalue weighted by Crippen LogP contribution is -2.33. The number of aromatic amines is 1. The van der Waals surface area contributed by atoms with Crippen LogP contribution in [-0.4, -0.2) is 53.1 Å². The zero-order valence-corrected chi connectivity index (χ0v) is 19.8. The summed E-state index contributed by atoms with van der Waals surface area (Å²) in [7, 11) is -3.76. The Morgan fingerprint density at radius 1 is 1.23 bits per heavy atom. The molecule has 4 rings (SSSR count). The summed E-state index contributed by atoms with van der Waals surface area (Å²) in [4.78, 5) is 32.1. The van der Waals surface area contributed by atoms with Crippen molar-refractivity contribution in [2.24, 2.45) is 5.92 Å². The van der Waals surface area contributed by atoms with Crippen LogP contribution in [-0.2, 0) is 14.8 Å². The normalized spacial score (nSPS) is 14.3. The Balaban J connectivity index is 1.49. The van der Waals surface area contributed by atoms with Crippen molar-refractivity contribution in [2.45, 2.75) is 30.6 Å². The number of halogens is 3. The zero-order chi connectivity index (χ0) is 25.2. The molecule has 1 aliphatic rings. The maximum Gasteiger partial charge on any atom is 0.422 e. The van der Waals surface area contributed by atoms with Crippen molar-refractivity contribution in [3.05, 3.63) is 46.9 Å². The van der Waals surface area contributed by atoms with E-state index in [9.17, 15) is 31.2 Å². The van der Waals surface area contributed by atoms with Crippen LogP contribution in [0, 0.1) is 5.92 Å². The van der Waals surface area contributed by atoms with Crippen molar-refractivity contribution < 1.29 is 31.1 Å². The van der Waals surface area contributed by atoms with Crippen LogP contribution in [0.5, 0.6) is 5.75 Å². The Bertz CT molecular complexity index is 1380. The molecule has 0 aliphatic heterocycles. The number of benzene rings is 1. The average molecular weight is 531 g/mol. The molecular formula is C21H21F3N4O5S2. The Morgan fingerprint density at radius 3 is 2.60 bits per heavy atom. The first-order chi connectivity index (χ1) is 16.5. The third-order valence-corrected chi connectivity index (χ3v) is 7.40. The first kappa shape index (κ1) is 25.1. The van der Waals surface area contributed by atoms with Crippen LogP contribution in [0.1, 0.15) is 19.3 Å². The SMILES string of the molecule is O=C(NS(=O)(=O)CCCSc1nc2cc[nH]c2c(=O)n1-c1ccc(OCC(F)(F)F)cc1)C1CC1. The van der Waals surface area contributed by atoms with Gasteiger partial charge in [-0.25, -0.2) is 13.4 Å². The van der Waals surface area contributed by atoms with E-state index in [1.165, 1.54) is 28.8 Å². The minimum atomic E-state index is -4.48. The van der Waals surface area contributed by atoms with Gasteiger partial charge in [0.25, 0.3) is 5.56 Å². The predicted octanol–water partition coefficient (Wildman–Crippen LogP) is 2.99. The van der Waals surface area contributed by atoms with Crippen LogP contribution in [0.4, 0.5) is 13.2 Å². The lowest BCUT2D eigenvalue weighted by molar-refractivity contribution is -0.153. The van der Waals surface area contributed by atoms with Gasteiger partial charge in [-0.1, -0.05) is 11.8 Å². The van der Waals surface area contributed by atoms with Crippen LogP contribution >= 0.6 is 11.8 Å². The number of nitrogens with one attached hydrogen (secondary N) is 2. The number of ether oxygens (including phenoxy) is 1. The highest BCUT2D eigenvalue weighted by molar-refractivity contribution is 7.99. The van der Waals surface area contributed by atoms with Gasteiger partial charge in [0.1, 0.15) is 11.3 Å². The Kier molecular flexibility index (Phi) is 7.12. The fraction of sp³-hybridized carbons (Fsp3) is 0.381. The minimum Gasteiger partial charge on any atom is -0.484 e. The number of amides is 1. The van der Waals surface area contributed by atoms with Crippen molar-refractivity contribution in [3.8, 4) is 11.4 Å². The quantitative estimate of drug-likeness (QED) is 0.235. The van der Waals surface area contributed by atoms with Gasteiger partial charge in [0, 0.05) is 17.9 Å². The van der Waals surface area contributed by atoms with Crippen molar-refractivity contribution in [1.29, 1.82) is 0 Å². The molecule has 9 nitrogen and oxygen atoms in total. The average Bonchev–Trinajstić information content (AvgIpc) is 3.53. The summed E-state index contributed by atoms with van der Waals surface area (Å²) < 4.78 is 69.5. The number of carbonyl (C=O) groups is 1. The molecule has 2 aromatic heterocycles. The van der Waals surface area contributed by atoms with Gasteiger partial charge in [0.05, 0.1) is 17.0 Å². The number of rotatable bonds is 10. The van der Waals surface area contributed by atoms with Crippen molar-refractivity contribution >= 4 is 38.7 Å². The van der Waals surface area contributed by atoms with Gasteiger partial charge in [0.2, 0.25) is 15.9 Å². The summed E-state index contributed by atoms with van der Waals surface area (Å²) in [5.41, 5.74) is 0.598. The van der Waals surface area contributed by atoms with E-state index >= 15 is 0 Å². The molecule has 3 aromatic rings. The molecule has 1 fully saturated rings. The van der Waals surface area contributed by atoms with Gasteiger partial charge in [0.15, 0.2) is 11.8 Å². The number of sulfonamides is 1. The molecule has 1 aliphatic carbocycles. The highest BCUT2D eigenvalue weighted by Crippen LogP contribution is 2.29. The summed E-state index contributed by atoms with van der Waals surface area (Å²) in [6, 6.07) is 7.13. The standard InChI is InChI=1S/C21H21F3N4O5S2/c22-21(23,24)12-33-15-6-4-14(5-7-15)28-19(30)17-16(8-9-25-17)26-20(28)34-10-1-11-35(31,32)27-18(29)13-2-3-13/h4-9,13,25H,1-3,10-12H2,(H,27,29). The van der Waals surface area contributed by atoms with E-state index in [0.29, 0.717) is 24.0 Å². The van der Waals surface area contributed by atoms with E-state index in [1.807, 2.05) is 0 Å². The molecule has 188 valence electrons. The molecule has 1 amide bonds. The second-order valence-corrected chi connectivity index (χ2v) is 10.8. The topological polar surface area (TPSA) is 123 Å². The third kappa shape index (κ3) is 6.57. The fourth-order valence-corrected chi connectivity index (χ4v) is 5.44. The lowest BCUT2D eigenvalue weighted by Gasteiger charge is -2.13. The second-order valence-electron chi connectivity index (χ2n) is 7.93. The van der Waals surface area contributed by atoms with Crippen LogP contribution in [0.2, 0.25) is 0 Å². The lowest BCUT2D eigenvalue weighted by atomic mass is 10.3. The van der Waals surface area contributed by atoms with E-state index in [0.717, 1.165) is 11.8 Å². The summed E-state index contributed by atoms with van der Waals surface area (Å²) in [6.45, 7) is -1.44. The van der Waals surface area contributed by atoms with Crippen LogP contribution in [0.15, 0.2) is 46.5 Å². The van der Waals surface area contributed by atoms with E-state index in [-0.39, 0.29) is 40.3 Å². The molecule has 1 aromatic carbocycles. The molecule has 0 bridgehead atoms. The molecular weight excluding hydrogens is 509 g/mol. The van der Waals surface area contributed by atoms with Gasteiger partial charge in [-0.3, -0.25) is 18.9 Å². The molecule has 1 saturated carbocycles. The fourth-order valence-electron chi connectivity index (χ4n) is 3.20. The van der Waals surface area contributed by atoms with E-state index in [2.05, 4.69) is 14.7 Å². The molecule has 0 saturated heterocycles. The van der Waals surface area contributed by atoms with Gasteiger partial charge in [-0.05, 0) is 49.6 Å². The van der Waals surface area contributed by atoms with E-state index in [1.54, 1.807) is 12.3 Å².